The van der Waals surface area contributed by atoms with Gasteiger partial charge in [0.05, 0.1) is 0 Å². The molecule has 1 heterocycles. The van der Waals surface area contributed by atoms with Crippen LogP contribution in [0.15, 0.2) is 35.1 Å². The number of nitriles is 1. The van der Waals surface area contributed by atoms with Gasteiger partial charge in [-0.2, -0.15) is 5.26 Å². The summed E-state index contributed by atoms with van der Waals surface area (Å²) in [5, 5.41) is 9.18. The lowest BCUT2D eigenvalue weighted by molar-refractivity contribution is -0.132. The van der Waals surface area contributed by atoms with E-state index in [4.69, 9.17) is 5.73 Å². The number of nitrogens with two attached hydrogens (primary N) is 1. The van der Waals surface area contributed by atoms with E-state index in [-0.39, 0.29) is 30.9 Å². The van der Waals surface area contributed by atoms with E-state index in [9.17, 15) is 19.6 Å². The van der Waals surface area contributed by atoms with Gasteiger partial charge in [-0.1, -0.05) is 30.3 Å². The number of hydrogen-bond donors (Lipinski definition) is 2. The van der Waals surface area contributed by atoms with Crippen LogP contribution in [-0.2, 0) is 22.6 Å². The lowest BCUT2D eigenvalue weighted by atomic mass is 9.99. The van der Waals surface area contributed by atoms with Gasteiger partial charge in [-0.15, -0.1) is 0 Å². The molecule has 146 valence electrons. The third kappa shape index (κ3) is 5.30. The molecule has 0 fully saturated rings. The molecule has 0 saturated carbocycles. The Morgan fingerprint density at radius 1 is 1.18 bits per heavy atom. The molecule has 1 aromatic carbocycles. The molecular formula is C21H24N4O3. The normalized spacial score (nSPS) is 10.3. The number of pyridine rings is 1. The van der Waals surface area contributed by atoms with Crippen molar-refractivity contribution in [3.05, 3.63) is 68.6 Å². The smallest absolute Gasteiger partial charge is 0.266 e. The molecule has 2 amide bonds. The number of primary amides is 1. The lowest BCUT2D eigenvalue weighted by Gasteiger charge is -2.23. The zero-order chi connectivity index (χ0) is 20.7. The Bertz CT molecular complexity index is 958. The molecule has 1 aromatic heterocycles. The summed E-state index contributed by atoms with van der Waals surface area (Å²) in [6.07, 6.45) is 0.682. The number of aromatic amines is 1. The van der Waals surface area contributed by atoms with Crippen LogP contribution in [0.2, 0.25) is 0 Å². The average Bonchev–Trinajstić information content (AvgIpc) is 2.65. The molecule has 0 bridgehead atoms. The zero-order valence-electron chi connectivity index (χ0n) is 16.1. The standard InChI is InChI=1S/C21H24N4O3/c1-14-17(15(2)24-21(28)18(14)12-22)8-9-20(27)25(11-10-19(23)26)13-16-6-4-3-5-7-16/h3-7H,8-11,13H2,1-2H3,(H2,23,26)(H,24,28). The molecule has 3 N–H and O–H groups in total. The van der Waals surface area contributed by atoms with E-state index in [0.717, 1.165) is 11.1 Å². The number of carbonyl (C=O) groups is 2. The molecule has 0 spiro atoms. The van der Waals surface area contributed by atoms with Crippen molar-refractivity contribution in [2.75, 3.05) is 6.54 Å². The van der Waals surface area contributed by atoms with Gasteiger partial charge < -0.3 is 15.6 Å². The zero-order valence-corrected chi connectivity index (χ0v) is 16.1. The number of rotatable bonds is 8. The quantitative estimate of drug-likeness (QED) is 0.724. The number of benzene rings is 1. The molecule has 0 aliphatic carbocycles. The highest BCUT2D eigenvalue weighted by molar-refractivity contribution is 5.78. The molecule has 0 radical (unpaired) electrons. The third-order valence-corrected chi connectivity index (χ3v) is 4.71. The average molecular weight is 380 g/mol. The summed E-state index contributed by atoms with van der Waals surface area (Å²) in [6.45, 7) is 4.11. The van der Waals surface area contributed by atoms with Crippen LogP contribution in [0.1, 0.15) is 40.8 Å². The number of H-pyrrole nitrogens is 1. The highest BCUT2D eigenvalue weighted by Gasteiger charge is 2.18. The van der Waals surface area contributed by atoms with Crippen LogP contribution in [0.3, 0.4) is 0 Å². The van der Waals surface area contributed by atoms with Crippen LogP contribution in [0.25, 0.3) is 0 Å². The first-order valence-corrected chi connectivity index (χ1v) is 9.06. The molecule has 0 aliphatic rings. The van der Waals surface area contributed by atoms with Crippen molar-refractivity contribution in [1.82, 2.24) is 9.88 Å². The minimum atomic E-state index is -0.461. The highest BCUT2D eigenvalue weighted by Crippen LogP contribution is 2.16. The summed E-state index contributed by atoms with van der Waals surface area (Å²) >= 11 is 0. The molecule has 2 aromatic rings. The van der Waals surface area contributed by atoms with Gasteiger partial charge in [-0.05, 0) is 37.0 Å². The summed E-state index contributed by atoms with van der Waals surface area (Å²) in [4.78, 5) is 40.1. The maximum absolute atomic E-state index is 12.8. The first-order valence-electron chi connectivity index (χ1n) is 9.06. The summed E-state index contributed by atoms with van der Waals surface area (Å²) in [5.41, 5.74) is 7.91. The monoisotopic (exact) mass is 380 g/mol. The molecule has 7 nitrogen and oxygen atoms in total. The minimum absolute atomic E-state index is 0.0721. The van der Waals surface area contributed by atoms with E-state index in [1.807, 2.05) is 36.4 Å². The minimum Gasteiger partial charge on any atom is -0.370 e. The molecule has 7 heteroatoms. The van der Waals surface area contributed by atoms with Gasteiger partial charge in [0.15, 0.2) is 0 Å². The van der Waals surface area contributed by atoms with Gasteiger partial charge in [-0.25, -0.2) is 0 Å². The van der Waals surface area contributed by atoms with Crippen LogP contribution in [0.4, 0.5) is 0 Å². The Kier molecular flexibility index (Phi) is 7.10. The van der Waals surface area contributed by atoms with Crippen molar-refractivity contribution >= 4 is 11.8 Å². The van der Waals surface area contributed by atoms with E-state index in [2.05, 4.69) is 4.98 Å². The van der Waals surface area contributed by atoms with Gasteiger partial charge in [0.25, 0.3) is 5.56 Å². The summed E-state index contributed by atoms with van der Waals surface area (Å²) in [6, 6.07) is 11.4. The number of nitrogens with one attached hydrogen (secondary N) is 1. The Balaban J connectivity index is 2.16. The fraction of sp³-hybridized carbons (Fsp3) is 0.333. The van der Waals surface area contributed by atoms with Crippen LogP contribution in [0, 0.1) is 25.2 Å². The Hall–Kier alpha value is -3.40. The van der Waals surface area contributed by atoms with Crippen molar-refractivity contribution in [3.63, 3.8) is 0 Å². The fourth-order valence-corrected chi connectivity index (χ4v) is 3.15. The van der Waals surface area contributed by atoms with E-state index in [1.165, 1.54) is 0 Å². The maximum Gasteiger partial charge on any atom is 0.266 e. The first-order chi connectivity index (χ1) is 13.3. The van der Waals surface area contributed by atoms with Gasteiger partial charge in [0.2, 0.25) is 11.8 Å². The van der Waals surface area contributed by atoms with Crippen molar-refractivity contribution in [1.29, 1.82) is 5.26 Å². The molecule has 2 rings (SSSR count). The van der Waals surface area contributed by atoms with Crippen molar-refractivity contribution in [2.24, 2.45) is 5.73 Å². The van der Waals surface area contributed by atoms with E-state index >= 15 is 0 Å². The largest absolute Gasteiger partial charge is 0.370 e. The second kappa shape index (κ2) is 9.51. The van der Waals surface area contributed by atoms with Gasteiger partial charge in [-0.3, -0.25) is 14.4 Å². The predicted octanol–water partition coefficient (Wildman–Crippen LogP) is 1.70. The van der Waals surface area contributed by atoms with E-state index in [0.29, 0.717) is 24.2 Å². The Labute approximate surface area is 163 Å². The highest BCUT2D eigenvalue weighted by atomic mass is 16.2. The predicted molar refractivity (Wildman–Crippen MR) is 105 cm³/mol. The summed E-state index contributed by atoms with van der Waals surface area (Å²) in [5.74, 6) is -0.578. The topological polar surface area (TPSA) is 120 Å². The molecular weight excluding hydrogens is 356 g/mol. The van der Waals surface area contributed by atoms with Crippen molar-refractivity contribution in [2.45, 2.75) is 39.7 Å². The van der Waals surface area contributed by atoms with Crippen LogP contribution >= 0.6 is 0 Å². The van der Waals surface area contributed by atoms with Gasteiger partial charge >= 0.3 is 0 Å². The number of aryl methyl sites for hydroxylation is 1. The number of nitrogens with zero attached hydrogens (tertiary/aromatic N) is 2. The van der Waals surface area contributed by atoms with Gasteiger partial charge in [0, 0.05) is 31.6 Å². The molecule has 0 atom stereocenters. The molecule has 28 heavy (non-hydrogen) atoms. The second-order valence-corrected chi connectivity index (χ2v) is 6.69. The van der Waals surface area contributed by atoms with Crippen LogP contribution in [-0.4, -0.2) is 28.2 Å². The summed E-state index contributed by atoms with van der Waals surface area (Å²) < 4.78 is 0. The fourth-order valence-electron chi connectivity index (χ4n) is 3.15. The van der Waals surface area contributed by atoms with Gasteiger partial charge in [0.1, 0.15) is 11.6 Å². The third-order valence-electron chi connectivity index (χ3n) is 4.71. The number of amides is 2. The Morgan fingerprint density at radius 2 is 1.86 bits per heavy atom. The molecule has 0 unspecified atom stereocenters. The molecule has 0 saturated heterocycles. The van der Waals surface area contributed by atoms with Crippen LogP contribution in [0.5, 0.6) is 0 Å². The van der Waals surface area contributed by atoms with Crippen molar-refractivity contribution in [3.8, 4) is 6.07 Å². The Morgan fingerprint density at radius 3 is 2.46 bits per heavy atom. The lowest BCUT2D eigenvalue weighted by Crippen LogP contribution is -2.34. The SMILES string of the molecule is Cc1[nH]c(=O)c(C#N)c(C)c1CCC(=O)N(CCC(N)=O)Cc1ccccc1. The molecule has 0 aliphatic heterocycles. The van der Waals surface area contributed by atoms with Crippen LogP contribution < -0.4 is 11.3 Å². The van der Waals surface area contributed by atoms with E-state index in [1.54, 1.807) is 18.7 Å². The van der Waals surface area contributed by atoms with E-state index < -0.39 is 11.5 Å². The number of carbonyl (C=O) groups excluding carboxylic acids is 2. The summed E-state index contributed by atoms with van der Waals surface area (Å²) in [7, 11) is 0. The maximum atomic E-state index is 12.8. The number of hydrogen-bond acceptors (Lipinski definition) is 4. The second-order valence-electron chi connectivity index (χ2n) is 6.69. The first kappa shape index (κ1) is 20.9. The number of aromatic nitrogens is 1. The van der Waals surface area contributed by atoms with Crippen molar-refractivity contribution < 1.29 is 9.59 Å².